The maximum atomic E-state index is 11.9. The van der Waals surface area contributed by atoms with Gasteiger partial charge in [-0.15, -0.1) is 0 Å². The Morgan fingerprint density at radius 1 is 1.47 bits per heavy atom. The average Bonchev–Trinajstić information content (AvgIpc) is 2.64. The van der Waals surface area contributed by atoms with Crippen LogP contribution in [0.15, 0.2) is 6.07 Å². The summed E-state index contributed by atoms with van der Waals surface area (Å²) >= 11 is 0. The fourth-order valence-electron chi connectivity index (χ4n) is 2.54. The van der Waals surface area contributed by atoms with Crippen molar-refractivity contribution in [3.8, 4) is 0 Å². The first-order valence-corrected chi connectivity index (χ1v) is 6.64. The van der Waals surface area contributed by atoms with Gasteiger partial charge in [-0.05, 0) is 39.2 Å². The van der Waals surface area contributed by atoms with E-state index in [1.54, 1.807) is 4.68 Å². The summed E-state index contributed by atoms with van der Waals surface area (Å²) in [7, 11) is 0. The van der Waals surface area contributed by atoms with Gasteiger partial charge in [0, 0.05) is 5.69 Å². The number of carbonyl (C=O) groups excluding carboxylic acids is 1. The van der Waals surface area contributed by atoms with Gasteiger partial charge in [0.05, 0.1) is 23.9 Å². The topological polar surface area (TPSA) is 87.4 Å². The van der Waals surface area contributed by atoms with Crippen molar-refractivity contribution in [2.75, 3.05) is 0 Å². The molecule has 0 aromatic carbocycles. The summed E-state index contributed by atoms with van der Waals surface area (Å²) < 4.78 is 1.64. The van der Waals surface area contributed by atoms with Crippen LogP contribution in [0, 0.1) is 13.8 Å². The first-order valence-electron chi connectivity index (χ1n) is 6.64. The Hall–Kier alpha value is -1.40. The minimum absolute atomic E-state index is 0.138. The van der Waals surface area contributed by atoms with Crippen molar-refractivity contribution >= 4 is 5.91 Å². The van der Waals surface area contributed by atoms with Crippen LogP contribution in [0.2, 0.25) is 0 Å². The zero-order valence-electron chi connectivity index (χ0n) is 11.3. The van der Waals surface area contributed by atoms with Crippen molar-refractivity contribution < 1.29 is 15.0 Å². The van der Waals surface area contributed by atoms with E-state index >= 15 is 0 Å². The SMILES string of the molecule is Cc1cc(C)n(CC(=O)N[C@@H]2CCC[C@@H](O)[C@@H]2O)n1. The fourth-order valence-corrected chi connectivity index (χ4v) is 2.54. The highest BCUT2D eigenvalue weighted by Gasteiger charge is 2.31. The molecule has 1 amide bonds. The minimum Gasteiger partial charge on any atom is -0.390 e. The third kappa shape index (κ3) is 3.33. The number of aryl methyl sites for hydroxylation is 2. The number of aliphatic hydroxyl groups is 2. The van der Waals surface area contributed by atoms with E-state index in [2.05, 4.69) is 10.4 Å². The van der Waals surface area contributed by atoms with E-state index < -0.39 is 12.2 Å². The molecular formula is C13H21N3O3. The first-order chi connectivity index (χ1) is 8.97. The molecule has 0 unspecified atom stereocenters. The molecule has 1 saturated carbocycles. The molecule has 19 heavy (non-hydrogen) atoms. The summed E-state index contributed by atoms with van der Waals surface area (Å²) in [5.41, 5.74) is 1.80. The third-order valence-electron chi connectivity index (χ3n) is 3.56. The molecule has 2 rings (SSSR count). The predicted molar refractivity (Wildman–Crippen MR) is 69.5 cm³/mol. The Morgan fingerprint density at radius 2 is 2.21 bits per heavy atom. The molecule has 106 valence electrons. The summed E-state index contributed by atoms with van der Waals surface area (Å²) in [5, 5.41) is 26.4. The molecule has 0 spiro atoms. The molecule has 0 saturated heterocycles. The smallest absolute Gasteiger partial charge is 0.242 e. The number of hydrogen-bond donors (Lipinski definition) is 3. The summed E-state index contributed by atoms with van der Waals surface area (Å²) in [6.07, 6.45) is 0.473. The Balaban J connectivity index is 1.92. The molecule has 1 aromatic rings. The van der Waals surface area contributed by atoms with E-state index in [0.29, 0.717) is 12.8 Å². The standard InChI is InChI=1S/C13H21N3O3/c1-8-6-9(2)16(15-8)7-12(18)14-10-4-3-5-11(17)13(10)19/h6,10-11,13,17,19H,3-5,7H2,1-2H3,(H,14,18)/t10-,11-,13-/m1/s1. The van der Waals surface area contributed by atoms with Crippen LogP contribution < -0.4 is 5.32 Å². The van der Waals surface area contributed by atoms with Crippen molar-refractivity contribution in [3.05, 3.63) is 17.5 Å². The van der Waals surface area contributed by atoms with Crippen molar-refractivity contribution in [2.24, 2.45) is 0 Å². The second kappa shape index (κ2) is 5.71. The van der Waals surface area contributed by atoms with Gasteiger partial charge in [-0.25, -0.2) is 0 Å². The minimum atomic E-state index is -0.877. The summed E-state index contributed by atoms with van der Waals surface area (Å²) in [6.45, 7) is 3.91. The molecule has 1 aliphatic rings. The van der Waals surface area contributed by atoms with Gasteiger partial charge >= 0.3 is 0 Å². The van der Waals surface area contributed by atoms with Crippen LogP contribution in [0.25, 0.3) is 0 Å². The largest absolute Gasteiger partial charge is 0.390 e. The number of carbonyl (C=O) groups is 1. The highest BCUT2D eigenvalue weighted by Crippen LogP contribution is 2.19. The van der Waals surface area contributed by atoms with Gasteiger partial charge in [0.15, 0.2) is 0 Å². The van der Waals surface area contributed by atoms with Crippen LogP contribution in [0.5, 0.6) is 0 Å². The van der Waals surface area contributed by atoms with Gasteiger partial charge in [0.1, 0.15) is 6.54 Å². The van der Waals surface area contributed by atoms with Gasteiger partial charge in [-0.2, -0.15) is 5.10 Å². The molecule has 0 radical (unpaired) electrons. The van der Waals surface area contributed by atoms with E-state index in [-0.39, 0.29) is 18.5 Å². The van der Waals surface area contributed by atoms with Crippen molar-refractivity contribution in [2.45, 2.75) is 57.9 Å². The second-order valence-corrected chi connectivity index (χ2v) is 5.25. The van der Waals surface area contributed by atoms with Gasteiger partial charge in [-0.1, -0.05) is 0 Å². The van der Waals surface area contributed by atoms with E-state index in [1.807, 2.05) is 19.9 Å². The maximum Gasteiger partial charge on any atom is 0.242 e. The normalized spacial score (nSPS) is 27.3. The average molecular weight is 267 g/mol. The molecule has 1 aliphatic carbocycles. The number of hydrogen-bond acceptors (Lipinski definition) is 4. The number of nitrogens with zero attached hydrogens (tertiary/aromatic N) is 2. The summed E-state index contributed by atoms with van der Waals surface area (Å²) in [6, 6.07) is 1.54. The lowest BCUT2D eigenvalue weighted by Gasteiger charge is -2.32. The third-order valence-corrected chi connectivity index (χ3v) is 3.56. The van der Waals surface area contributed by atoms with Crippen molar-refractivity contribution in [1.29, 1.82) is 0 Å². The van der Waals surface area contributed by atoms with E-state index in [0.717, 1.165) is 17.8 Å². The highest BCUT2D eigenvalue weighted by molar-refractivity contribution is 5.76. The quantitative estimate of drug-likeness (QED) is 0.713. The summed E-state index contributed by atoms with van der Waals surface area (Å²) in [4.78, 5) is 11.9. The Kier molecular flexibility index (Phi) is 4.21. The lowest BCUT2D eigenvalue weighted by molar-refractivity contribution is -0.125. The van der Waals surface area contributed by atoms with Crippen LogP contribution in [0.3, 0.4) is 0 Å². The zero-order valence-corrected chi connectivity index (χ0v) is 11.3. The predicted octanol–water partition coefficient (Wildman–Crippen LogP) is -0.110. The van der Waals surface area contributed by atoms with Gasteiger partial charge in [0.2, 0.25) is 5.91 Å². The van der Waals surface area contributed by atoms with Gasteiger partial charge < -0.3 is 15.5 Å². The molecule has 1 fully saturated rings. The number of amides is 1. The van der Waals surface area contributed by atoms with Crippen LogP contribution in [-0.2, 0) is 11.3 Å². The van der Waals surface area contributed by atoms with Crippen LogP contribution >= 0.6 is 0 Å². The Bertz CT molecular complexity index is 458. The van der Waals surface area contributed by atoms with Crippen LogP contribution in [0.1, 0.15) is 30.7 Å². The molecule has 6 heteroatoms. The first kappa shape index (κ1) is 14.0. The highest BCUT2D eigenvalue weighted by atomic mass is 16.3. The molecule has 0 bridgehead atoms. The molecule has 1 heterocycles. The second-order valence-electron chi connectivity index (χ2n) is 5.25. The lowest BCUT2D eigenvalue weighted by Crippen LogP contribution is -2.51. The molecule has 6 nitrogen and oxygen atoms in total. The molecule has 3 atom stereocenters. The molecule has 3 N–H and O–H groups in total. The number of rotatable bonds is 3. The van der Waals surface area contributed by atoms with E-state index in [9.17, 15) is 15.0 Å². The van der Waals surface area contributed by atoms with Gasteiger partial charge in [0.25, 0.3) is 0 Å². The van der Waals surface area contributed by atoms with Crippen LogP contribution in [0.4, 0.5) is 0 Å². The number of nitrogens with one attached hydrogen (secondary N) is 1. The molecule has 1 aromatic heterocycles. The van der Waals surface area contributed by atoms with Gasteiger partial charge in [-0.3, -0.25) is 9.48 Å². The lowest BCUT2D eigenvalue weighted by atomic mass is 9.90. The van der Waals surface area contributed by atoms with Crippen LogP contribution in [-0.4, -0.2) is 44.2 Å². The number of aromatic nitrogens is 2. The van der Waals surface area contributed by atoms with E-state index in [1.165, 1.54) is 0 Å². The molecule has 0 aliphatic heterocycles. The fraction of sp³-hybridized carbons (Fsp3) is 0.692. The number of aliphatic hydroxyl groups excluding tert-OH is 2. The Morgan fingerprint density at radius 3 is 2.84 bits per heavy atom. The zero-order chi connectivity index (χ0) is 14.0. The molecular weight excluding hydrogens is 246 g/mol. The van der Waals surface area contributed by atoms with E-state index in [4.69, 9.17) is 0 Å². The Labute approximate surface area is 112 Å². The van der Waals surface area contributed by atoms with Crippen molar-refractivity contribution in [1.82, 2.24) is 15.1 Å². The summed E-state index contributed by atoms with van der Waals surface area (Å²) in [5.74, 6) is -0.190. The van der Waals surface area contributed by atoms with Crippen molar-refractivity contribution in [3.63, 3.8) is 0 Å². The maximum absolute atomic E-state index is 11.9. The monoisotopic (exact) mass is 267 g/mol.